The van der Waals surface area contributed by atoms with Gasteiger partial charge in [0, 0.05) is 17.4 Å². The molecular formula is C14H12FN5OS. The van der Waals surface area contributed by atoms with Crippen LogP contribution in [0.25, 0.3) is 11.5 Å². The van der Waals surface area contributed by atoms with Crippen molar-refractivity contribution in [1.82, 2.24) is 15.0 Å². The molecule has 0 unspecified atom stereocenters. The maximum absolute atomic E-state index is 13.2. The summed E-state index contributed by atoms with van der Waals surface area (Å²) in [5.74, 6) is 1.14. The third kappa shape index (κ3) is 3.34. The van der Waals surface area contributed by atoms with E-state index in [0.717, 1.165) is 0 Å². The van der Waals surface area contributed by atoms with Crippen LogP contribution >= 0.6 is 11.8 Å². The summed E-state index contributed by atoms with van der Waals surface area (Å²) in [4.78, 5) is 12.4. The van der Waals surface area contributed by atoms with Gasteiger partial charge in [-0.2, -0.15) is 0 Å². The van der Waals surface area contributed by atoms with Gasteiger partial charge in [0.25, 0.3) is 0 Å². The van der Waals surface area contributed by atoms with Crippen LogP contribution in [0.2, 0.25) is 0 Å². The van der Waals surface area contributed by atoms with Crippen molar-refractivity contribution in [2.75, 3.05) is 11.5 Å². The van der Waals surface area contributed by atoms with Crippen molar-refractivity contribution in [1.29, 1.82) is 0 Å². The van der Waals surface area contributed by atoms with Gasteiger partial charge in [-0.05, 0) is 18.2 Å². The smallest absolute Gasteiger partial charge is 0.226 e. The number of oxazole rings is 1. The lowest BCUT2D eigenvalue weighted by atomic mass is 10.2. The standard InChI is InChI=1S/C14H12FN5OS/c15-9-3-1-2-8(4-9)13-18-10(6-21-13)7-22-14-19-11(16)5-12(17)20-14/h1-6H,7H2,(H4,16,17,19,20). The highest BCUT2D eigenvalue weighted by Crippen LogP contribution is 2.24. The largest absolute Gasteiger partial charge is 0.444 e. The lowest BCUT2D eigenvalue weighted by Crippen LogP contribution is -1.99. The molecule has 3 rings (SSSR count). The predicted octanol–water partition coefficient (Wildman–Crippen LogP) is 2.73. The second kappa shape index (κ2) is 6.02. The fourth-order valence-electron chi connectivity index (χ4n) is 1.79. The van der Waals surface area contributed by atoms with Gasteiger partial charge in [-0.15, -0.1) is 0 Å². The van der Waals surface area contributed by atoms with Crippen molar-refractivity contribution < 1.29 is 8.81 Å². The molecule has 22 heavy (non-hydrogen) atoms. The van der Waals surface area contributed by atoms with E-state index in [1.807, 2.05) is 0 Å². The fraction of sp³-hybridized carbons (Fsp3) is 0.0714. The maximum Gasteiger partial charge on any atom is 0.226 e. The number of hydrogen-bond acceptors (Lipinski definition) is 7. The average molecular weight is 317 g/mol. The molecule has 0 saturated heterocycles. The molecule has 0 aliphatic rings. The van der Waals surface area contributed by atoms with Crippen LogP contribution in [0.3, 0.4) is 0 Å². The summed E-state index contributed by atoms with van der Waals surface area (Å²) in [6.45, 7) is 0. The number of halogens is 1. The minimum atomic E-state index is -0.338. The zero-order chi connectivity index (χ0) is 15.5. The molecule has 6 nitrogen and oxygen atoms in total. The van der Waals surface area contributed by atoms with Gasteiger partial charge in [-0.1, -0.05) is 17.8 Å². The van der Waals surface area contributed by atoms with Crippen molar-refractivity contribution in [3.8, 4) is 11.5 Å². The highest BCUT2D eigenvalue weighted by Gasteiger charge is 2.09. The van der Waals surface area contributed by atoms with Gasteiger partial charge >= 0.3 is 0 Å². The van der Waals surface area contributed by atoms with E-state index in [1.165, 1.54) is 36.2 Å². The number of hydrogen-bond donors (Lipinski definition) is 2. The van der Waals surface area contributed by atoms with Crippen LogP contribution in [-0.4, -0.2) is 15.0 Å². The van der Waals surface area contributed by atoms with Crippen molar-refractivity contribution in [2.24, 2.45) is 0 Å². The fourth-order valence-corrected chi connectivity index (χ4v) is 2.54. The van der Waals surface area contributed by atoms with Crippen molar-refractivity contribution >= 4 is 23.4 Å². The molecule has 0 saturated carbocycles. The Morgan fingerprint density at radius 3 is 2.59 bits per heavy atom. The number of benzene rings is 1. The Balaban J connectivity index is 1.72. The molecule has 0 aliphatic heterocycles. The maximum atomic E-state index is 13.2. The molecular weight excluding hydrogens is 305 g/mol. The van der Waals surface area contributed by atoms with Gasteiger partial charge in [-0.25, -0.2) is 19.3 Å². The lowest BCUT2D eigenvalue weighted by molar-refractivity contribution is 0.571. The molecule has 8 heteroatoms. The van der Waals surface area contributed by atoms with E-state index in [0.29, 0.717) is 39.7 Å². The number of rotatable bonds is 4. The number of nitrogens with zero attached hydrogens (tertiary/aromatic N) is 3. The Labute approximate surface area is 129 Å². The molecule has 112 valence electrons. The summed E-state index contributed by atoms with van der Waals surface area (Å²) < 4.78 is 18.6. The molecule has 0 fully saturated rings. The first-order valence-corrected chi connectivity index (χ1v) is 7.32. The van der Waals surface area contributed by atoms with Gasteiger partial charge in [0.15, 0.2) is 5.16 Å². The Morgan fingerprint density at radius 2 is 1.86 bits per heavy atom. The highest BCUT2D eigenvalue weighted by atomic mass is 32.2. The molecule has 0 aliphatic carbocycles. The van der Waals surface area contributed by atoms with Crippen molar-refractivity contribution in [3.63, 3.8) is 0 Å². The summed E-state index contributed by atoms with van der Waals surface area (Å²) in [7, 11) is 0. The summed E-state index contributed by atoms with van der Waals surface area (Å²) in [5.41, 5.74) is 12.5. The third-order valence-corrected chi connectivity index (χ3v) is 3.60. The highest BCUT2D eigenvalue weighted by molar-refractivity contribution is 7.98. The average Bonchev–Trinajstić information content (AvgIpc) is 2.93. The first-order valence-electron chi connectivity index (χ1n) is 6.33. The predicted molar refractivity (Wildman–Crippen MR) is 82.3 cm³/mol. The van der Waals surface area contributed by atoms with E-state index in [-0.39, 0.29) is 5.82 Å². The van der Waals surface area contributed by atoms with Gasteiger partial charge in [0.1, 0.15) is 23.7 Å². The zero-order valence-electron chi connectivity index (χ0n) is 11.4. The molecule has 0 radical (unpaired) electrons. The summed E-state index contributed by atoms with van der Waals surface area (Å²) >= 11 is 1.33. The summed E-state index contributed by atoms with van der Waals surface area (Å²) in [5, 5.41) is 0.466. The first kappa shape index (κ1) is 14.3. The first-order chi connectivity index (χ1) is 10.6. The molecule has 0 atom stereocenters. The number of anilines is 2. The SMILES string of the molecule is Nc1cc(N)nc(SCc2coc(-c3cccc(F)c3)n2)n1. The van der Waals surface area contributed by atoms with Crippen LogP contribution in [0, 0.1) is 5.82 Å². The van der Waals surface area contributed by atoms with Gasteiger partial charge in [0.05, 0.1) is 5.69 Å². The minimum Gasteiger partial charge on any atom is -0.444 e. The van der Waals surface area contributed by atoms with Crippen LogP contribution in [0.15, 0.2) is 46.2 Å². The van der Waals surface area contributed by atoms with Crippen LogP contribution in [0.5, 0.6) is 0 Å². The van der Waals surface area contributed by atoms with Crippen LogP contribution in [-0.2, 0) is 5.75 Å². The second-order valence-electron chi connectivity index (χ2n) is 4.44. The number of nitrogens with two attached hydrogens (primary N) is 2. The monoisotopic (exact) mass is 317 g/mol. The lowest BCUT2D eigenvalue weighted by Gasteiger charge is -2.00. The molecule has 0 spiro atoms. The van der Waals surface area contributed by atoms with E-state index in [4.69, 9.17) is 15.9 Å². The van der Waals surface area contributed by atoms with E-state index in [9.17, 15) is 4.39 Å². The molecule has 2 heterocycles. The molecule has 2 aromatic heterocycles. The normalized spacial score (nSPS) is 10.8. The number of thioether (sulfide) groups is 1. The third-order valence-electron chi connectivity index (χ3n) is 2.72. The Hall–Kier alpha value is -2.61. The van der Waals surface area contributed by atoms with Crippen LogP contribution in [0.1, 0.15) is 5.69 Å². The molecule has 4 N–H and O–H groups in total. The summed E-state index contributed by atoms with van der Waals surface area (Å²) in [6.07, 6.45) is 1.52. The van der Waals surface area contributed by atoms with E-state index < -0.39 is 0 Å². The molecule has 3 aromatic rings. The number of nitrogen functional groups attached to an aromatic ring is 2. The minimum absolute atomic E-state index is 0.315. The molecule has 1 aromatic carbocycles. The summed E-state index contributed by atoms with van der Waals surface area (Å²) in [6, 6.07) is 7.55. The van der Waals surface area contributed by atoms with Gasteiger partial charge in [0.2, 0.25) is 5.89 Å². The van der Waals surface area contributed by atoms with Crippen LogP contribution < -0.4 is 11.5 Å². The molecule has 0 amide bonds. The Morgan fingerprint density at radius 1 is 1.09 bits per heavy atom. The Bertz CT molecular complexity index is 787. The zero-order valence-corrected chi connectivity index (χ0v) is 12.2. The van der Waals surface area contributed by atoms with E-state index in [1.54, 1.807) is 12.1 Å². The van der Waals surface area contributed by atoms with E-state index >= 15 is 0 Å². The van der Waals surface area contributed by atoms with Crippen molar-refractivity contribution in [2.45, 2.75) is 10.9 Å². The molecule has 0 bridgehead atoms. The Kier molecular flexibility index (Phi) is 3.92. The topological polar surface area (TPSA) is 104 Å². The van der Waals surface area contributed by atoms with E-state index in [2.05, 4.69) is 15.0 Å². The number of aromatic nitrogens is 3. The van der Waals surface area contributed by atoms with Gasteiger partial charge in [-0.3, -0.25) is 0 Å². The van der Waals surface area contributed by atoms with Crippen LogP contribution in [0.4, 0.5) is 16.0 Å². The quantitative estimate of drug-likeness (QED) is 0.563. The van der Waals surface area contributed by atoms with Gasteiger partial charge < -0.3 is 15.9 Å². The second-order valence-corrected chi connectivity index (χ2v) is 5.39. The van der Waals surface area contributed by atoms with Crippen molar-refractivity contribution in [3.05, 3.63) is 48.1 Å².